The zero-order chi connectivity index (χ0) is 26.3. The molecule has 1 aliphatic heterocycles. The second-order valence-corrected chi connectivity index (χ2v) is 9.45. The summed E-state index contributed by atoms with van der Waals surface area (Å²) in [4.78, 5) is 12.8. The average molecular weight is 491 g/mol. The van der Waals surface area contributed by atoms with Crippen LogP contribution in [-0.2, 0) is 27.3 Å². The molecular formula is C29H35BFNO4. The van der Waals surface area contributed by atoms with Crippen LogP contribution in [0.25, 0.3) is 0 Å². The number of carbonyl (C=O) groups excluding carboxylic acids is 1. The van der Waals surface area contributed by atoms with Crippen LogP contribution in [0.15, 0.2) is 72.8 Å². The molecule has 1 heterocycles. The van der Waals surface area contributed by atoms with E-state index >= 15 is 0 Å². The van der Waals surface area contributed by atoms with E-state index in [1.54, 1.807) is 30.3 Å². The van der Waals surface area contributed by atoms with E-state index in [-0.39, 0.29) is 12.5 Å². The van der Waals surface area contributed by atoms with Crippen LogP contribution in [0.3, 0.4) is 0 Å². The highest BCUT2D eigenvalue weighted by molar-refractivity contribution is 6.62. The maximum absolute atomic E-state index is 14.6. The van der Waals surface area contributed by atoms with Gasteiger partial charge in [-0.15, -0.1) is 0 Å². The van der Waals surface area contributed by atoms with Gasteiger partial charge in [-0.05, 0) is 63.0 Å². The van der Waals surface area contributed by atoms with E-state index in [2.05, 4.69) is 5.32 Å². The SMILES string of the molecule is CC.CC1(C)OB(c2cccc(C(=O)Nc3ccc(COCc4ccccc4)c(F)c3)c2)OC1(C)C. The Bertz CT molecular complexity index is 1150. The second-order valence-electron chi connectivity index (χ2n) is 9.45. The molecule has 0 bridgehead atoms. The minimum atomic E-state index is -0.564. The van der Waals surface area contributed by atoms with Crippen LogP contribution in [0.1, 0.15) is 63.0 Å². The van der Waals surface area contributed by atoms with E-state index < -0.39 is 24.1 Å². The number of amides is 1. The molecule has 0 unspecified atom stereocenters. The zero-order valence-corrected chi connectivity index (χ0v) is 21.9. The summed E-state index contributed by atoms with van der Waals surface area (Å²) < 4.78 is 32.3. The van der Waals surface area contributed by atoms with Gasteiger partial charge in [0.15, 0.2) is 0 Å². The molecule has 0 aliphatic carbocycles. The standard InChI is InChI=1S/C27H29BFNO4.C2H6/c1-26(2)27(3,4)34-28(33-26)22-12-8-11-20(15-22)25(31)30-23-14-13-21(24(29)16-23)18-32-17-19-9-6-5-7-10-19;1-2/h5-16H,17-18H2,1-4H3,(H,30,31);1-2H3. The molecule has 1 fully saturated rings. The summed E-state index contributed by atoms with van der Waals surface area (Å²) in [6.45, 7) is 12.5. The molecule has 1 amide bonds. The second kappa shape index (κ2) is 11.8. The molecule has 0 atom stereocenters. The van der Waals surface area contributed by atoms with Crippen LogP contribution in [0.2, 0.25) is 0 Å². The van der Waals surface area contributed by atoms with Crippen LogP contribution >= 0.6 is 0 Å². The molecule has 0 radical (unpaired) electrons. The highest BCUT2D eigenvalue weighted by Gasteiger charge is 2.51. The van der Waals surface area contributed by atoms with Gasteiger partial charge >= 0.3 is 7.12 Å². The van der Waals surface area contributed by atoms with Crippen molar-refractivity contribution in [3.8, 4) is 0 Å². The maximum atomic E-state index is 14.6. The number of carbonyl (C=O) groups is 1. The molecule has 5 nitrogen and oxygen atoms in total. The fraction of sp³-hybridized carbons (Fsp3) is 0.345. The Morgan fingerprint density at radius 1 is 0.889 bits per heavy atom. The number of nitrogens with one attached hydrogen (secondary N) is 1. The molecule has 3 aromatic rings. The van der Waals surface area contributed by atoms with Crippen LogP contribution in [0.5, 0.6) is 0 Å². The van der Waals surface area contributed by atoms with E-state index in [1.165, 1.54) is 6.07 Å². The minimum absolute atomic E-state index is 0.144. The number of hydrogen-bond donors (Lipinski definition) is 1. The van der Waals surface area contributed by atoms with Crippen molar-refractivity contribution in [3.05, 3.63) is 95.3 Å². The normalized spacial score (nSPS) is 15.7. The molecule has 0 spiro atoms. The summed E-state index contributed by atoms with van der Waals surface area (Å²) >= 11 is 0. The first-order valence-electron chi connectivity index (χ1n) is 12.3. The number of benzene rings is 3. The minimum Gasteiger partial charge on any atom is -0.399 e. The Morgan fingerprint density at radius 2 is 1.56 bits per heavy atom. The molecule has 4 rings (SSSR count). The highest BCUT2D eigenvalue weighted by atomic mass is 19.1. The summed E-state index contributed by atoms with van der Waals surface area (Å²) in [7, 11) is -0.564. The Kier molecular flexibility index (Phi) is 9.06. The Morgan fingerprint density at radius 3 is 2.19 bits per heavy atom. The van der Waals surface area contributed by atoms with Gasteiger partial charge in [-0.2, -0.15) is 0 Å². The molecule has 0 saturated carbocycles. The molecule has 1 N–H and O–H groups in total. The fourth-order valence-corrected chi connectivity index (χ4v) is 3.60. The largest absolute Gasteiger partial charge is 0.494 e. The van der Waals surface area contributed by atoms with E-state index in [1.807, 2.05) is 77.9 Å². The lowest BCUT2D eigenvalue weighted by Crippen LogP contribution is -2.41. The topological polar surface area (TPSA) is 56.8 Å². The molecule has 0 aromatic heterocycles. The summed E-state index contributed by atoms with van der Waals surface area (Å²) in [5.74, 6) is -0.775. The molecule has 7 heteroatoms. The van der Waals surface area contributed by atoms with Crippen LogP contribution < -0.4 is 10.8 Å². The third-order valence-electron chi connectivity index (χ3n) is 6.35. The van der Waals surface area contributed by atoms with Crippen molar-refractivity contribution >= 4 is 24.2 Å². The number of ether oxygens (including phenoxy) is 1. The average Bonchev–Trinajstić information content (AvgIpc) is 3.09. The van der Waals surface area contributed by atoms with Gasteiger partial charge in [0.25, 0.3) is 5.91 Å². The third kappa shape index (κ3) is 6.61. The first kappa shape index (κ1) is 27.6. The van der Waals surface area contributed by atoms with Gasteiger partial charge in [0, 0.05) is 16.8 Å². The van der Waals surface area contributed by atoms with Crippen LogP contribution in [0, 0.1) is 5.82 Å². The first-order chi connectivity index (χ1) is 17.1. The first-order valence-corrected chi connectivity index (χ1v) is 12.3. The van der Waals surface area contributed by atoms with Gasteiger partial charge in [-0.1, -0.05) is 62.4 Å². The van der Waals surface area contributed by atoms with Gasteiger partial charge in [0.2, 0.25) is 0 Å². The monoisotopic (exact) mass is 491 g/mol. The van der Waals surface area contributed by atoms with Gasteiger partial charge < -0.3 is 19.4 Å². The number of halogens is 1. The van der Waals surface area contributed by atoms with Crippen molar-refractivity contribution in [2.75, 3.05) is 5.32 Å². The van der Waals surface area contributed by atoms with Crippen LogP contribution in [-0.4, -0.2) is 24.2 Å². The van der Waals surface area contributed by atoms with Gasteiger partial charge in [0.1, 0.15) is 5.82 Å². The molecular weight excluding hydrogens is 456 g/mol. The smallest absolute Gasteiger partial charge is 0.399 e. The Labute approximate surface area is 214 Å². The third-order valence-corrected chi connectivity index (χ3v) is 6.35. The fourth-order valence-electron chi connectivity index (χ4n) is 3.60. The zero-order valence-electron chi connectivity index (χ0n) is 21.9. The Balaban J connectivity index is 0.00000176. The van der Waals surface area contributed by atoms with Crippen molar-refractivity contribution in [2.24, 2.45) is 0 Å². The van der Waals surface area contributed by atoms with Gasteiger partial charge in [0.05, 0.1) is 24.4 Å². The summed E-state index contributed by atoms with van der Waals surface area (Å²) in [6.07, 6.45) is 0. The highest BCUT2D eigenvalue weighted by Crippen LogP contribution is 2.36. The molecule has 190 valence electrons. The number of rotatable bonds is 7. The van der Waals surface area contributed by atoms with Crippen molar-refractivity contribution in [3.63, 3.8) is 0 Å². The summed E-state index contributed by atoms with van der Waals surface area (Å²) in [6, 6.07) is 21.4. The van der Waals surface area contributed by atoms with Gasteiger partial charge in [-0.25, -0.2) is 4.39 Å². The summed E-state index contributed by atoms with van der Waals surface area (Å²) in [5, 5.41) is 2.76. The lowest BCUT2D eigenvalue weighted by Gasteiger charge is -2.32. The molecule has 3 aromatic carbocycles. The maximum Gasteiger partial charge on any atom is 0.494 e. The molecule has 36 heavy (non-hydrogen) atoms. The number of hydrogen-bond acceptors (Lipinski definition) is 4. The van der Waals surface area contributed by atoms with Gasteiger partial charge in [-0.3, -0.25) is 4.79 Å². The lowest BCUT2D eigenvalue weighted by molar-refractivity contribution is 0.00578. The quantitative estimate of drug-likeness (QED) is 0.405. The van der Waals surface area contributed by atoms with Crippen molar-refractivity contribution < 1.29 is 23.2 Å². The van der Waals surface area contributed by atoms with Crippen molar-refractivity contribution in [1.82, 2.24) is 0 Å². The van der Waals surface area contributed by atoms with E-state index in [4.69, 9.17) is 14.0 Å². The lowest BCUT2D eigenvalue weighted by atomic mass is 9.78. The van der Waals surface area contributed by atoms with Crippen molar-refractivity contribution in [1.29, 1.82) is 0 Å². The molecule has 1 aliphatic rings. The Hall–Kier alpha value is -3.00. The van der Waals surface area contributed by atoms with E-state index in [0.29, 0.717) is 23.4 Å². The molecule has 1 saturated heterocycles. The summed E-state index contributed by atoms with van der Waals surface area (Å²) in [5.41, 5.74) is 2.06. The predicted octanol–water partition coefficient (Wildman–Crippen LogP) is 6.12. The van der Waals surface area contributed by atoms with E-state index in [0.717, 1.165) is 11.0 Å². The van der Waals surface area contributed by atoms with Crippen molar-refractivity contribution in [2.45, 2.75) is 66.0 Å². The predicted molar refractivity (Wildman–Crippen MR) is 143 cm³/mol. The van der Waals surface area contributed by atoms with E-state index in [9.17, 15) is 9.18 Å². The number of anilines is 1. The van der Waals surface area contributed by atoms with Crippen LogP contribution in [0.4, 0.5) is 10.1 Å².